The van der Waals surface area contributed by atoms with Gasteiger partial charge in [-0.15, -0.1) is 0 Å². The van der Waals surface area contributed by atoms with E-state index in [0.29, 0.717) is 5.56 Å². The van der Waals surface area contributed by atoms with Crippen molar-refractivity contribution in [2.75, 3.05) is 6.54 Å². The lowest BCUT2D eigenvalue weighted by atomic mass is 9.97. The van der Waals surface area contributed by atoms with Crippen LogP contribution in [0.4, 0.5) is 4.39 Å². The van der Waals surface area contributed by atoms with Gasteiger partial charge >= 0.3 is 0 Å². The minimum Gasteiger partial charge on any atom is -0.384 e. The molecule has 2 N–H and O–H groups in total. The summed E-state index contributed by atoms with van der Waals surface area (Å²) in [5, 5.41) is 10.4. The van der Waals surface area contributed by atoms with E-state index in [1.54, 1.807) is 30.3 Å². The lowest BCUT2D eigenvalue weighted by Crippen LogP contribution is -2.39. The van der Waals surface area contributed by atoms with Gasteiger partial charge in [-0.05, 0) is 18.6 Å². The Labute approximate surface area is 129 Å². The van der Waals surface area contributed by atoms with E-state index < -0.39 is 27.2 Å². The molecule has 2 rings (SSSR count). The van der Waals surface area contributed by atoms with E-state index in [1.165, 1.54) is 25.1 Å². The molecule has 0 spiro atoms. The fourth-order valence-electron chi connectivity index (χ4n) is 2.02. The highest BCUT2D eigenvalue weighted by molar-refractivity contribution is 7.88. The molecule has 6 heteroatoms. The van der Waals surface area contributed by atoms with Crippen molar-refractivity contribution in [3.8, 4) is 0 Å². The molecule has 0 aliphatic rings. The third-order valence-corrected chi connectivity index (χ3v) is 4.61. The first-order chi connectivity index (χ1) is 10.3. The van der Waals surface area contributed by atoms with Crippen LogP contribution in [0.15, 0.2) is 54.6 Å². The topological polar surface area (TPSA) is 66.4 Å². The monoisotopic (exact) mass is 323 g/mol. The highest BCUT2D eigenvalue weighted by Crippen LogP contribution is 2.19. The predicted octanol–water partition coefficient (Wildman–Crippen LogP) is 2.15. The summed E-state index contributed by atoms with van der Waals surface area (Å²) in [5.74, 6) is -1.03. The van der Waals surface area contributed by atoms with Crippen molar-refractivity contribution in [1.29, 1.82) is 0 Å². The molecular formula is C16H18FNO3S. The maximum Gasteiger partial charge on any atom is 0.215 e. The summed E-state index contributed by atoms with van der Waals surface area (Å²) in [6.07, 6.45) is 0. The minimum atomic E-state index is -3.75. The first-order valence-corrected chi connectivity index (χ1v) is 8.44. The molecule has 0 heterocycles. The van der Waals surface area contributed by atoms with E-state index in [2.05, 4.69) is 4.72 Å². The van der Waals surface area contributed by atoms with Crippen molar-refractivity contribution in [3.63, 3.8) is 0 Å². The Bertz CT molecular complexity index is 730. The molecule has 0 aromatic heterocycles. The van der Waals surface area contributed by atoms with E-state index in [4.69, 9.17) is 0 Å². The van der Waals surface area contributed by atoms with Gasteiger partial charge < -0.3 is 5.11 Å². The highest BCUT2D eigenvalue weighted by Gasteiger charge is 2.25. The zero-order valence-corrected chi connectivity index (χ0v) is 13.0. The summed E-state index contributed by atoms with van der Waals surface area (Å²) in [5.41, 5.74) is -0.651. The van der Waals surface area contributed by atoms with Crippen LogP contribution in [-0.4, -0.2) is 20.1 Å². The van der Waals surface area contributed by atoms with Gasteiger partial charge in [0.25, 0.3) is 0 Å². The normalized spacial score (nSPS) is 14.5. The van der Waals surface area contributed by atoms with E-state index >= 15 is 0 Å². The lowest BCUT2D eigenvalue weighted by molar-refractivity contribution is 0.0627. The third kappa shape index (κ3) is 4.37. The molecule has 0 aliphatic carbocycles. The van der Waals surface area contributed by atoms with Crippen LogP contribution >= 0.6 is 0 Å². The second-order valence-electron chi connectivity index (χ2n) is 5.31. The summed E-state index contributed by atoms with van der Waals surface area (Å²) >= 11 is 0. The van der Waals surface area contributed by atoms with Crippen molar-refractivity contribution in [2.24, 2.45) is 0 Å². The van der Waals surface area contributed by atoms with Crippen molar-refractivity contribution in [2.45, 2.75) is 18.3 Å². The van der Waals surface area contributed by atoms with Crippen LogP contribution in [0.2, 0.25) is 0 Å². The number of sulfonamides is 1. The molecule has 0 aliphatic heterocycles. The van der Waals surface area contributed by atoms with Gasteiger partial charge in [0.15, 0.2) is 0 Å². The molecule has 22 heavy (non-hydrogen) atoms. The fourth-order valence-corrected chi connectivity index (χ4v) is 3.27. The molecule has 0 saturated carbocycles. The average molecular weight is 323 g/mol. The Balaban J connectivity index is 2.05. The third-order valence-electron chi connectivity index (χ3n) is 3.34. The molecule has 1 atom stereocenters. The fraction of sp³-hybridized carbons (Fsp3) is 0.250. The molecule has 0 bridgehead atoms. The van der Waals surface area contributed by atoms with Crippen molar-refractivity contribution in [1.82, 2.24) is 4.72 Å². The van der Waals surface area contributed by atoms with E-state index in [0.717, 1.165) is 0 Å². The minimum absolute atomic E-state index is 0.0920. The van der Waals surface area contributed by atoms with Crippen molar-refractivity contribution in [3.05, 3.63) is 71.5 Å². The highest BCUT2D eigenvalue weighted by atomic mass is 32.2. The second kappa shape index (κ2) is 6.56. The molecule has 0 radical (unpaired) electrons. The SMILES string of the molecule is CC(O)(CNS(=O)(=O)Cc1ccccc1F)c1ccccc1. The van der Waals surface area contributed by atoms with Crippen LogP contribution in [0, 0.1) is 5.82 Å². The van der Waals surface area contributed by atoms with Gasteiger partial charge in [-0.2, -0.15) is 0 Å². The standard InChI is InChI=1S/C16H18FNO3S/c1-16(19,14-8-3-2-4-9-14)12-18-22(20,21)11-13-7-5-6-10-15(13)17/h2-10,18-19H,11-12H2,1H3. The van der Waals surface area contributed by atoms with Gasteiger partial charge in [0.2, 0.25) is 10.0 Å². The smallest absolute Gasteiger partial charge is 0.215 e. The van der Waals surface area contributed by atoms with Crippen LogP contribution in [0.3, 0.4) is 0 Å². The van der Waals surface area contributed by atoms with Gasteiger partial charge in [-0.1, -0.05) is 48.5 Å². The van der Waals surface area contributed by atoms with Gasteiger partial charge in [0, 0.05) is 12.1 Å². The molecule has 1 unspecified atom stereocenters. The number of hydrogen-bond acceptors (Lipinski definition) is 3. The Morgan fingerprint density at radius 1 is 1.09 bits per heavy atom. The zero-order valence-electron chi connectivity index (χ0n) is 12.2. The van der Waals surface area contributed by atoms with Crippen LogP contribution < -0.4 is 4.72 Å². The molecule has 2 aromatic carbocycles. The van der Waals surface area contributed by atoms with Gasteiger partial charge in [0.1, 0.15) is 11.4 Å². The summed E-state index contributed by atoms with van der Waals surface area (Å²) in [7, 11) is -3.75. The van der Waals surface area contributed by atoms with Crippen LogP contribution in [0.25, 0.3) is 0 Å². The molecule has 4 nitrogen and oxygen atoms in total. The molecule has 2 aromatic rings. The number of nitrogens with one attached hydrogen (secondary N) is 1. The largest absolute Gasteiger partial charge is 0.384 e. The first kappa shape index (κ1) is 16.6. The molecule has 0 amide bonds. The summed E-state index contributed by atoms with van der Waals surface area (Å²) in [6.45, 7) is 1.34. The summed E-state index contributed by atoms with van der Waals surface area (Å²) < 4.78 is 39.9. The Hall–Kier alpha value is -1.76. The lowest BCUT2D eigenvalue weighted by Gasteiger charge is -2.24. The van der Waals surface area contributed by atoms with Crippen molar-refractivity contribution >= 4 is 10.0 Å². The van der Waals surface area contributed by atoms with Gasteiger partial charge in [-0.3, -0.25) is 0 Å². The van der Waals surface area contributed by atoms with Gasteiger partial charge in [0.05, 0.1) is 5.75 Å². The maximum atomic E-state index is 13.5. The quantitative estimate of drug-likeness (QED) is 0.856. The zero-order chi connectivity index (χ0) is 16.2. The van der Waals surface area contributed by atoms with E-state index in [9.17, 15) is 17.9 Å². The first-order valence-electron chi connectivity index (χ1n) is 6.79. The Morgan fingerprint density at radius 3 is 2.32 bits per heavy atom. The predicted molar refractivity (Wildman–Crippen MR) is 83.0 cm³/mol. The number of hydrogen-bond donors (Lipinski definition) is 2. The average Bonchev–Trinajstić information content (AvgIpc) is 2.49. The van der Waals surface area contributed by atoms with E-state index in [-0.39, 0.29) is 12.1 Å². The summed E-state index contributed by atoms with van der Waals surface area (Å²) in [4.78, 5) is 0. The molecular weight excluding hydrogens is 305 g/mol. The van der Waals surface area contributed by atoms with Crippen LogP contribution in [0.1, 0.15) is 18.1 Å². The molecule has 0 fully saturated rings. The number of rotatable bonds is 6. The number of halogens is 1. The molecule has 0 saturated heterocycles. The van der Waals surface area contributed by atoms with Gasteiger partial charge in [-0.25, -0.2) is 17.5 Å². The van der Waals surface area contributed by atoms with E-state index in [1.807, 2.05) is 6.07 Å². The Morgan fingerprint density at radius 2 is 1.68 bits per heavy atom. The van der Waals surface area contributed by atoms with Crippen LogP contribution in [0.5, 0.6) is 0 Å². The maximum absolute atomic E-state index is 13.5. The van der Waals surface area contributed by atoms with Crippen molar-refractivity contribution < 1.29 is 17.9 Å². The number of aliphatic hydroxyl groups is 1. The Kier molecular flexibility index (Phi) is 4.95. The number of benzene rings is 2. The van der Waals surface area contributed by atoms with Crippen LogP contribution in [-0.2, 0) is 21.4 Å². The summed E-state index contributed by atoms with van der Waals surface area (Å²) in [6, 6.07) is 14.5. The molecule has 118 valence electrons. The second-order valence-corrected chi connectivity index (χ2v) is 7.12.